The Labute approximate surface area is 183 Å². The van der Waals surface area contributed by atoms with Crippen molar-refractivity contribution in [2.45, 2.75) is 71.8 Å². The van der Waals surface area contributed by atoms with Crippen LogP contribution >= 0.6 is 0 Å². The molecule has 0 radical (unpaired) electrons. The second-order valence-corrected chi connectivity index (χ2v) is 8.36. The zero-order valence-corrected chi connectivity index (χ0v) is 18.6. The van der Waals surface area contributed by atoms with E-state index in [9.17, 15) is 23.9 Å². The van der Waals surface area contributed by atoms with Gasteiger partial charge in [0.1, 0.15) is 23.2 Å². The Kier molecular flexibility index (Phi) is 9.16. The van der Waals surface area contributed by atoms with E-state index in [-0.39, 0.29) is 11.5 Å². The summed E-state index contributed by atoms with van der Waals surface area (Å²) in [6.07, 6.45) is 9.67. The number of hydrogen-bond donors (Lipinski definition) is 1. The van der Waals surface area contributed by atoms with Crippen LogP contribution < -0.4 is 0 Å². The van der Waals surface area contributed by atoms with Gasteiger partial charge in [-0.3, -0.25) is 19.3 Å². The summed E-state index contributed by atoms with van der Waals surface area (Å²) in [5.74, 6) is -2.91. The number of unbranched alkanes of at least 4 members (excludes halogenated alkanes) is 5. The first kappa shape index (κ1) is 24.5. The van der Waals surface area contributed by atoms with Crippen LogP contribution in [0.3, 0.4) is 0 Å². The summed E-state index contributed by atoms with van der Waals surface area (Å²) in [6.45, 7) is 5.94. The molecule has 0 bridgehead atoms. The molecule has 1 heterocycles. The number of halogens is 1. The maximum absolute atomic E-state index is 13.2. The molecule has 2 amide bonds. The highest BCUT2D eigenvalue weighted by molar-refractivity contribution is 6.34. The number of Topliss-reactive ketones (excluding diaryl/α,β-unsaturated/α-hetero) is 1. The number of amides is 2. The number of carbonyl (C=O) groups is 3. The van der Waals surface area contributed by atoms with Gasteiger partial charge in [0, 0.05) is 5.56 Å². The van der Waals surface area contributed by atoms with Crippen LogP contribution in [0.4, 0.5) is 4.39 Å². The highest BCUT2D eigenvalue weighted by Gasteiger charge is 2.47. The minimum absolute atomic E-state index is 0.0620. The zero-order chi connectivity index (χ0) is 23.0. The van der Waals surface area contributed by atoms with Crippen LogP contribution in [0.15, 0.2) is 42.0 Å². The predicted molar refractivity (Wildman–Crippen MR) is 119 cm³/mol. The number of carbonyl (C=O) groups excluding carboxylic acids is 3. The fourth-order valence-electron chi connectivity index (χ4n) is 3.66. The lowest BCUT2D eigenvalue weighted by Gasteiger charge is -2.21. The van der Waals surface area contributed by atoms with E-state index < -0.39 is 40.8 Å². The normalized spacial score (nSPS) is 18.5. The molecule has 6 heteroatoms. The molecule has 1 aromatic rings. The van der Waals surface area contributed by atoms with Gasteiger partial charge in [-0.25, -0.2) is 4.39 Å². The lowest BCUT2D eigenvalue weighted by molar-refractivity contribution is -0.141. The lowest BCUT2D eigenvalue weighted by atomic mass is 9.97. The van der Waals surface area contributed by atoms with Crippen molar-refractivity contribution in [1.29, 1.82) is 0 Å². The van der Waals surface area contributed by atoms with E-state index in [4.69, 9.17) is 0 Å². The van der Waals surface area contributed by atoms with Crippen LogP contribution in [-0.4, -0.2) is 33.6 Å². The number of rotatable bonds is 10. The fraction of sp³-hybridized carbons (Fsp3) is 0.480. The predicted octanol–water partition coefficient (Wildman–Crippen LogP) is 5.36. The monoisotopic (exact) mass is 429 g/mol. The minimum Gasteiger partial charge on any atom is -0.506 e. The summed E-state index contributed by atoms with van der Waals surface area (Å²) >= 11 is 0. The molecule has 0 spiro atoms. The first-order chi connectivity index (χ1) is 14.8. The average molecular weight is 430 g/mol. The van der Waals surface area contributed by atoms with Gasteiger partial charge in [0.2, 0.25) is 0 Å². The number of aliphatic hydroxyl groups is 1. The topological polar surface area (TPSA) is 74.7 Å². The van der Waals surface area contributed by atoms with Crippen molar-refractivity contribution in [2.24, 2.45) is 5.92 Å². The van der Waals surface area contributed by atoms with Crippen molar-refractivity contribution >= 4 is 23.4 Å². The van der Waals surface area contributed by atoms with Crippen LogP contribution in [-0.2, 0) is 14.4 Å². The Morgan fingerprint density at radius 1 is 1.13 bits per heavy atom. The molecule has 1 saturated heterocycles. The number of likely N-dealkylation sites (tertiary alicyclic amines) is 1. The molecule has 1 atom stereocenters. The maximum atomic E-state index is 13.2. The third-order valence-electron chi connectivity index (χ3n) is 5.31. The first-order valence-electron chi connectivity index (χ1n) is 11.0. The standard InChI is InChI=1S/C25H32FNO4/c1-4-5-6-7-8-9-10-11-21(28)27-20(16-17(2)3)24(30)22(25(27)31)23(29)18-12-14-19(26)15-13-18/h10-15,17,20,29H,4-9,16H2,1-3H3/b11-10+,23-22-. The lowest BCUT2D eigenvalue weighted by Crippen LogP contribution is -2.40. The van der Waals surface area contributed by atoms with Gasteiger partial charge in [0.05, 0.1) is 0 Å². The average Bonchev–Trinajstić information content (AvgIpc) is 2.96. The fourth-order valence-corrected chi connectivity index (χ4v) is 3.66. The van der Waals surface area contributed by atoms with Gasteiger partial charge in [0.25, 0.3) is 11.8 Å². The SMILES string of the molecule is CCCCCCC/C=C/C(=O)N1C(=O)/C(=C(\O)c2ccc(F)cc2)C(=O)C1CC(C)C. The largest absolute Gasteiger partial charge is 0.506 e. The van der Waals surface area contributed by atoms with E-state index in [0.717, 1.165) is 49.1 Å². The van der Waals surface area contributed by atoms with Crippen LogP contribution in [0.2, 0.25) is 0 Å². The van der Waals surface area contributed by atoms with Gasteiger partial charge in [-0.05, 0) is 55.5 Å². The number of ketones is 1. The molecule has 2 rings (SSSR count). The highest BCUT2D eigenvalue weighted by Crippen LogP contribution is 2.30. The second kappa shape index (κ2) is 11.6. The molecule has 1 fully saturated rings. The van der Waals surface area contributed by atoms with Gasteiger partial charge < -0.3 is 5.11 Å². The van der Waals surface area contributed by atoms with Crippen molar-refractivity contribution < 1.29 is 23.9 Å². The summed E-state index contributed by atoms with van der Waals surface area (Å²) in [6, 6.07) is 3.89. The van der Waals surface area contributed by atoms with Gasteiger partial charge >= 0.3 is 0 Å². The molecular weight excluding hydrogens is 397 g/mol. The van der Waals surface area contributed by atoms with Crippen LogP contribution in [0, 0.1) is 11.7 Å². The van der Waals surface area contributed by atoms with E-state index in [1.165, 1.54) is 24.6 Å². The number of hydrogen-bond acceptors (Lipinski definition) is 4. The van der Waals surface area contributed by atoms with Crippen LogP contribution in [0.25, 0.3) is 5.76 Å². The van der Waals surface area contributed by atoms with Crippen LogP contribution in [0.1, 0.15) is 71.3 Å². The van der Waals surface area contributed by atoms with Crippen molar-refractivity contribution in [3.63, 3.8) is 0 Å². The Morgan fingerprint density at radius 2 is 1.77 bits per heavy atom. The zero-order valence-electron chi connectivity index (χ0n) is 18.6. The molecule has 1 aliphatic rings. The Bertz CT molecular complexity index is 855. The smallest absolute Gasteiger partial charge is 0.268 e. The highest BCUT2D eigenvalue weighted by atomic mass is 19.1. The molecule has 0 aliphatic carbocycles. The van der Waals surface area contributed by atoms with Gasteiger partial charge in [-0.15, -0.1) is 0 Å². The molecular formula is C25H32FNO4. The number of allylic oxidation sites excluding steroid dienone is 1. The Balaban J connectivity index is 2.23. The van der Waals surface area contributed by atoms with Crippen molar-refractivity contribution in [3.8, 4) is 0 Å². The quantitative estimate of drug-likeness (QED) is 0.235. The van der Waals surface area contributed by atoms with Gasteiger partial charge in [-0.1, -0.05) is 52.5 Å². The summed E-state index contributed by atoms with van der Waals surface area (Å²) in [5.41, 5.74) is -0.267. The van der Waals surface area contributed by atoms with Crippen LogP contribution in [0.5, 0.6) is 0 Å². The van der Waals surface area contributed by atoms with E-state index in [2.05, 4.69) is 6.92 Å². The van der Waals surface area contributed by atoms with Gasteiger partial charge in [0.15, 0.2) is 5.78 Å². The molecule has 1 unspecified atom stereocenters. The summed E-state index contributed by atoms with van der Waals surface area (Å²) in [7, 11) is 0. The summed E-state index contributed by atoms with van der Waals surface area (Å²) in [5, 5.41) is 10.6. The van der Waals surface area contributed by atoms with Gasteiger partial charge in [-0.2, -0.15) is 0 Å². The second-order valence-electron chi connectivity index (χ2n) is 8.36. The molecule has 0 aromatic heterocycles. The molecule has 168 valence electrons. The third kappa shape index (κ3) is 6.36. The number of aliphatic hydroxyl groups excluding tert-OH is 1. The number of benzene rings is 1. The van der Waals surface area contributed by atoms with Crippen molar-refractivity contribution in [3.05, 3.63) is 53.4 Å². The van der Waals surface area contributed by atoms with Crippen molar-refractivity contribution in [1.82, 2.24) is 4.90 Å². The Hall–Kier alpha value is -2.76. The molecule has 5 nitrogen and oxygen atoms in total. The number of imide groups is 1. The molecule has 1 N–H and O–H groups in total. The van der Waals surface area contributed by atoms with Crippen molar-refractivity contribution in [2.75, 3.05) is 0 Å². The maximum Gasteiger partial charge on any atom is 0.268 e. The van der Waals surface area contributed by atoms with E-state index in [0.29, 0.717) is 6.42 Å². The molecule has 0 saturated carbocycles. The van der Waals surface area contributed by atoms with E-state index in [1.807, 2.05) is 13.8 Å². The number of nitrogens with zero attached hydrogens (tertiary/aromatic N) is 1. The molecule has 31 heavy (non-hydrogen) atoms. The summed E-state index contributed by atoms with van der Waals surface area (Å²) < 4.78 is 13.2. The molecule has 1 aliphatic heterocycles. The Morgan fingerprint density at radius 3 is 2.39 bits per heavy atom. The minimum atomic E-state index is -0.952. The molecule has 1 aromatic carbocycles. The third-order valence-corrected chi connectivity index (χ3v) is 5.31. The van der Waals surface area contributed by atoms with E-state index in [1.54, 1.807) is 6.08 Å². The van der Waals surface area contributed by atoms with E-state index >= 15 is 0 Å². The first-order valence-corrected chi connectivity index (χ1v) is 11.0. The summed E-state index contributed by atoms with van der Waals surface area (Å²) in [4.78, 5) is 39.7.